The van der Waals surface area contributed by atoms with Gasteiger partial charge in [-0.3, -0.25) is 0 Å². The molecule has 0 fully saturated rings. The van der Waals surface area contributed by atoms with Crippen molar-refractivity contribution < 1.29 is 22.5 Å². The average Bonchev–Trinajstić information content (AvgIpc) is 3.36. The summed E-state index contributed by atoms with van der Waals surface area (Å²) in [7, 11) is -2.47. The van der Waals surface area contributed by atoms with Crippen molar-refractivity contribution >= 4 is 44.0 Å². The lowest BCUT2D eigenvalue weighted by molar-refractivity contribution is 0.291. The zero-order valence-electron chi connectivity index (χ0n) is 20.5. The summed E-state index contributed by atoms with van der Waals surface area (Å²) in [4.78, 5) is 4.69. The minimum absolute atomic E-state index is 0.0637. The summed E-state index contributed by atoms with van der Waals surface area (Å²) in [6.45, 7) is 13.1. The fourth-order valence-corrected chi connectivity index (χ4v) is 6.66. The lowest BCUT2D eigenvalue weighted by Crippen LogP contribution is -2.42. The highest BCUT2D eigenvalue weighted by Gasteiger charge is 2.34. The highest BCUT2D eigenvalue weighted by Crippen LogP contribution is 2.41. The van der Waals surface area contributed by atoms with E-state index in [-0.39, 0.29) is 33.2 Å². The fraction of sp³-hybridized carbons (Fsp3) is 0.524. The van der Waals surface area contributed by atoms with E-state index in [1.807, 2.05) is 33.8 Å². The Morgan fingerprint density at radius 2 is 2.00 bits per heavy atom. The zero-order chi connectivity index (χ0) is 25.6. The molecule has 13 heteroatoms. The maximum atomic E-state index is 13.0. The molecule has 0 radical (unpaired) electrons. The van der Waals surface area contributed by atoms with Crippen molar-refractivity contribution in [1.82, 2.24) is 13.1 Å². The summed E-state index contributed by atoms with van der Waals surface area (Å²) < 4.78 is 51.7. The molecular formula is C21H31N5O5S3. The first kappa shape index (κ1) is 26.4. The van der Waals surface area contributed by atoms with Crippen molar-refractivity contribution in [3.63, 3.8) is 0 Å². The Morgan fingerprint density at radius 1 is 1.35 bits per heavy atom. The number of thiophene rings is 1. The van der Waals surface area contributed by atoms with Crippen LogP contribution in [0.15, 0.2) is 25.1 Å². The first-order valence-corrected chi connectivity index (χ1v) is 14.0. The Labute approximate surface area is 206 Å². The predicted molar refractivity (Wildman–Crippen MR) is 133 cm³/mol. The van der Waals surface area contributed by atoms with Gasteiger partial charge in [-0.05, 0) is 52.2 Å². The van der Waals surface area contributed by atoms with Gasteiger partial charge in [0.15, 0.2) is 21.1 Å². The van der Waals surface area contributed by atoms with Crippen LogP contribution < -0.4 is 10.8 Å². The van der Waals surface area contributed by atoms with Gasteiger partial charge in [0.2, 0.25) is 11.3 Å². The van der Waals surface area contributed by atoms with Gasteiger partial charge in [-0.2, -0.15) is 4.31 Å². The van der Waals surface area contributed by atoms with Gasteiger partial charge >= 0.3 is 0 Å². The van der Waals surface area contributed by atoms with Crippen molar-refractivity contribution in [3.05, 3.63) is 34.0 Å². The molecule has 3 rings (SSSR count). The molecule has 188 valence electrons. The molecule has 0 aliphatic carbocycles. The third kappa shape index (κ3) is 5.23. The van der Waals surface area contributed by atoms with Crippen molar-refractivity contribution in [2.75, 3.05) is 12.4 Å². The normalized spacial score (nSPS) is 14.9. The van der Waals surface area contributed by atoms with Crippen molar-refractivity contribution in [2.24, 2.45) is 10.9 Å². The van der Waals surface area contributed by atoms with Crippen molar-refractivity contribution in [2.45, 2.75) is 64.3 Å². The third-order valence-corrected chi connectivity index (χ3v) is 9.81. The van der Waals surface area contributed by atoms with Crippen LogP contribution in [0.2, 0.25) is 0 Å². The number of H-pyrrole nitrogens is 1. The van der Waals surface area contributed by atoms with E-state index in [1.165, 1.54) is 16.7 Å². The van der Waals surface area contributed by atoms with E-state index in [0.717, 1.165) is 22.7 Å². The minimum atomic E-state index is -3.93. The molecule has 3 N–H and O–H groups in total. The Bertz CT molecular complexity index is 1320. The molecule has 3 aromatic rings. The molecule has 0 saturated heterocycles. The predicted octanol–water partition coefficient (Wildman–Crippen LogP) is 4.57. The number of anilines is 2. The van der Waals surface area contributed by atoms with Gasteiger partial charge in [0.05, 0.1) is 5.69 Å². The highest BCUT2D eigenvalue weighted by atomic mass is 32.2. The Kier molecular flexibility index (Phi) is 7.35. The SMILES string of the molecule is Cc1cc([C@H](N=c2[nH][s+]([O-])nc2Nc2csc(S(=O)(=O)N(C)C(C)(C)C)c2O)C(C)C)oc1C. The summed E-state index contributed by atoms with van der Waals surface area (Å²) in [5.74, 6) is 1.23. The summed E-state index contributed by atoms with van der Waals surface area (Å²) in [6.07, 6.45) is 0. The molecule has 0 saturated carbocycles. The second-order valence-electron chi connectivity index (χ2n) is 9.40. The zero-order valence-corrected chi connectivity index (χ0v) is 22.9. The summed E-state index contributed by atoms with van der Waals surface area (Å²) in [5, 5.41) is 15.1. The molecule has 10 nitrogen and oxygen atoms in total. The van der Waals surface area contributed by atoms with E-state index < -0.39 is 32.5 Å². The van der Waals surface area contributed by atoms with Crippen LogP contribution in [-0.2, 0) is 10.0 Å². The number of nitrogens with one attached hydrogen (secondary N) is 2. The van der Waals surface area contributed by atoms with Crippen LogP contribution in [0, 0.1) is 19.8 Å². The van der Waals surface area contributed by atoms with Crippen LogP contribution in [0.4, 0.5) is 11.5 Å². The molecule has 3 heterocycles. The van der Waals surface area contributed by atoms with Crippen LogP contribution in [0.3, 0.4) is 0 Å². The number of nitrogens with zero attached hydrogens (tertiary/aromatic N) is 3. The van der Waals surface area contributed by atoms with Gasteiger partial charge in [-0.25, -0.2) is 13.4 Å². The Hall–Kier alpha value is -2.19. The largest absolute Gasteiger partial charge is 0.548 e. The molecular weight excluding hydrogens is 498 g/mol. The molecule has 0 aromatic carbocycles. The van der Waals surface area contributed by atoms with Crippen LogP contribution in [0.1, 0.15) is 57.7 Å². The molecule has 2 atom stereocenters. The number of aromatic amines is 1. The average molecular weight is 530 g/mol. The van der Waals surface area contributed by atoms with E-state index >= 15 is 0 Å². The van der Waals surface area contributed by atoms with E-state index in [1.54, 1.807) is 20.8 Å². The van der Waals surface area contributed by atoms with E-state index in [4.69, 9.17) is 9.41 Å². The fourth-order valence-electron chi connectivity index (χ4n) is 3.10. The number of aromatic nitrogens is 2. The molecule has 0 bridgehead atoms. The van der Waals surface area contributed by atoms with Crippen LogP contribution in [0.25, 0.3) is 0 Å². The van der Waals surface area contributed by atoms with Gasteiger partial charge < -0.3 is 19.4 Å². The molecule has 0 amide bonds. The third-order valence-electron chi connectivity index (χ3n) is 5.48. The summed E-state index contributed by atoms with van der Waals surface area (Å²) >= 11 is -0.884. The van der Waals surface area contributed by atoms with Crippen molar-refractivity contribution in [3.8, 4) is 5.75 Å². The van der Waals surface area contributed by atoms with Crippen LogP contribution >= 0.6 is 22.5 Å². The van der Waals surface area contributed by atoms with Gasteiger partial charge in [0, 0.05) is 22.3 Å². The molecule has 1 unspecified atom stereocenters. The number of hydrogen-bond acceptors (Lipinski definition) is 9. The van der Waals surface area contributed by atoms with E-state index in [9.17, 15) is 18.1 Å². The standard InChI is InChI=1S/C21H31N5O5S3/c1-11(2)16(15-9-12(3)13(4)31-15)23-19-18(24-33(28)25-19)22-14-10-32-20(17(14)27)34(29,30)26(8)21(5,6)7/h9-11,16,27H,1-8H3,(H,22,24)(H,23,25)/t16-,33?/m1/s1. The first-order chi connectivity index (χ1) is 15.6. The topological polar surface area (TPSA) is 147 Å². The van der Waals surface area contributed by atoms with Crippen LogP contribution in [0.5, 0.6) is 5.75 Å². The molecule has 0 spiro atoms. The second kappa shape index (κ2) is 9.46. The number of hydrogen-bond donors (Lipinski definition) is 3. The van der Waals surface area contributed by atoms with Crippen molar-refractivity contribution in [1.29, 1.82) is 0 Å². The smallest absolute Gasteiger partial charge is 0.256 e. The maximum Gasteiger partial charge on any atom is 0.256 e. The molecule has 0 aliphatic heterocycles. The molecule has 3 aromatic heterocycles. The number of rotatable bonds is 7. The van der Waals surface area contributed by atoms with Gasteiger partial charge in [0.1, 0.15) is 17.6 Å². The first-order valence-electron chi connectivity index (χ1n) is 10.6. The molecule has 34 heavy (non-hydrogen) atoms. The maximum absolute atomic E-state index is 13.0. The number of aryl methyl sites for hydroxylation is 2. The van der Waals surface area contributed by atoms with Gasteiger partial charge in [0.25, 0.3) is 10.0 Å². The van der Waals surface area contributed by atoms with E-state index in [0.29, 0.717) is 5.76 Å². The highest BCUT2D eigenvalue weighted by molar-refractivity contribution is 7.91. The van der Waals surface area contributed by atoms with Gasteiger partial charge in [-0.15, -0.1) is 15.7 Å². The quantitative estimate of drug-likeness (QED) is 0.380. The number of aromatic hydroxyl groups is 1. The second-order valence-corrected chi connectivity index (χ2v) is 13.3. The minimum Gasteiger partial charge on any atom is -0.548 e. The number of sulfonamides is 1. The lowest BCUT2D eigenvalue weighted by atomic mass is 10.0. The molecule has 0 aliphatic rings. The number of furan rings is 1. The summed E-state index contributed by atoms with van der Waals surface area (Å²) in [5.41, 5.74) is 0.690. The van der Waals surface area contributed by atoms with Crippen LogP contribution in [-0.4, -0.2) is 43.7 Å². The van der Waals surface area contributed by atoms with E-state index in [2.05, 4.69) is 14.1 Å². The Balaban J connectivity index is 2.01. The summed E-state index contributed by atoms with van der Waals surface area (Å²) in [6, 6.07) is 1.55. The Morgan fingerprint density at radius 3 is 2.53 bits per heavy atom. The lowest BCUT2D eigenvalue weighted by Gasteiger charge is -2.30. The monoisotopic (exact) mass is 529 g/mol. The van der Waals surface area contributed by atoms with Gasteiger partial charge in [-0.1, -0.05) is 13.8 Å².